The van der Waals surface area contributed by atoms with Crippen LogP contribution in [0.2, 0.25) is 18.1 Å². The van der Waals surface area contributed by atoms with E-state index in [2.05, 4.69) is 38.6 Å². The molecule has 0 unspecified atom stereocenters. The highest BCUT2D eigenvalue weighted by Crippen LogP contribution is 2.40. The number of hydrogen-bond acceptors (Lipinski definition) is 4. The molecule has 0 spiro atoms. The van der Waals surface area contributed by atoms with Crippen molar-refractivity contribution in [3.8, 4) is 0 Å². The summed E-state index contributed by atoms with van der Waals surface area (Å²) >= 11 is 0. The fourth-order valence-corrected chi connectivity index (χ4v) is 2.95. The number of aliphatic hydroxyl groups excluding tert-OH is 1. The van der Waals surface area contributed by atoms with Gasteiger partial charge in [-0.25, -0.2) is 4.79 Å². The molecule has 1 aromatic rings. The van der Waals surface area contributed by atoms with Crippen molar-refractivity contribution in [1.29, 1.82) is 0 Å². The maximum Gasteiger partial charge on any atom is 0.337 e. The molecule has 0 bridgehead atoms. The van der Waals surface area contributed by atoms with Crippen LogP contribution in [0.25, 0.3) is 0 Å². The minimum absolute atomic E-state index is 0.0180. The van der Waals surface area contributed by atoms with Crippen molar-refractivity contribution in [1.82, 2.24) is 0 Å². The zero-order valence-corrected chi connectivity index (χ0v) is 14.7. The van der Waals surface area contributed by atoms with Crippen molar-refractivity contribution >= 4 is 14.3 Å². The van der Waals surface area contributed by atoms with Gasteiger partial charge in [-0.3, -0.25) is 0 Å². The molecule has 0 aliphatic carbocycles. The van der Waals surface area contributed by atoms with E-state index in [1.165, 1.54) is 7.11 Å². The molecule has 0 amide bonds. The van der Waals surface area contributed by atoms with Gasteiger partial charge in [-0.15, -0.1) is 0 Å². The van der Waals surface area contributed by atoms with Crippen LogP contribution in [0, 0.1) is 0 Å². The van der Waals surface area contributed by atoms with Crippen LogP contribution in [0.4, 0.5) is 0 Å². The lowest BCUT2D eigenvalue weighted by atomic mass is 10.0. The molecule has 0 saturated carbocycles. The predicted octanol–water partition coefficient (Wildman–Crippen LogP) is 3.28. The van der Waals surface area contributed by atoms with Gasteiger partial charge in [0, 0.05) is 0 Å². The third-order valence-electron chi connectivity index (χ3n) is 4.09. The lowest BCUT2D eigenvalue weighted by molar-refractivity contribution is -0.156. The van der Waals surface area contributed by atoms with Gasteiger partial charge < -0.3 is 14.3 Å². The summed E-state index contributed by atoms with van der Waals surface area (Å²) in [6, 6.07) is 9.31. The van der Waals surface area contributed by atoms with E-state index in [9.17, 15) is 9.90 Å². The lowest BCUT2D eigenvalue weighted by Crippen LogP contribution is -2.45. The molecule has 1 rings (SSSR count). The van der Waals surface area contributed by atoms with Crippen molar-refractivity contribution in [2.75, 3.05) is 7.11 Å². The van der Waals surface area contributed by atoms with Crippen LogP contribution in [0.1, 0.15) is 32.4 Å². The number of carbonyl (C=O) groups is 1. The molecule has 0 saturated heterocycles. The van der Waals surface area contributed by atoms with E-state index in [1.807, 2.05) is 30.3 Å². The van der Waals surface area contributed by atoms with Gasteiger partial charge in [0.2, 0.25) is 0 Å². The minimum atomic E-state index is -2.14. The standard InChI is InChI=1S/C16H26O4Si/c1-16(2,3)21(5,6)20-14(13(17)15(18)19-4)12-10-8-7-9-11-12/h7-11,13-14,17H,1-6H3/t13-,14-/m1/s1. The largest absolute Gasteiger partial charge is 0.467 e. The first-order chi connectivity index (χ1) is 9.60. The second-order valence-corrected chi connectivity index (χ2v) is 11.4. The SMILES string of the molecule is COC(=O)[C@H](O)[C@H](O[Si](C)(C)C(C)(C)C)c1ccccc1. The average Bonchev–Trinajstić information content (AvgIpc) is 2.43. The Kier molecular flexibility index (Phi) is 5.73. The molecule has 4 nitrogen and oxygen atoms in total. The van der Waals surface area contributed by atoms with Gasteiger partial charge in [0.15, 0.2) is 14.4 Å². The molecule has 0 radical (unpaired) electrons. The van der Waals surface area contributed by atoms with E-state index >= 15 is 0 Å². The number of methoxy groups -OCH3 is 1. The Balaban J connectivity index is 3.12. The predicted molar refractivity (Wildman–Crippen MR) is 85.5 cm³/mol. The molecule has 1 N–H and O–H groups in total. The quantitative estimate of drug-likeness (QED) is 0.670. The van der Waals surface area contributed by atoms with Crippen LogP contribution in [-0.2, 0) is 14.0 Å². The zero-order valence-electron chi connectivity index (χ0n) is 13.7. The fraction of sp³-hybridized carbons (Fsp3) is 0.562. The Bertz CT molecular complexity index is 465. The third-order valence-corrected chi connectivity index (χ3v) is 8.54. The molecular weight excluding hydrogens is 284 g/mol. The summed E-state index contributed by atoms with van der Waals surface area (Å²) in [7, 11) is -0.876. The molecule has 1 aromatic carbocycles. The fourth-order valence-electron chi connectivity index (χ4n) is 1.70. The number of benzene rings is 1. The highest BCUT2D eigenvalue weighted by Gasteiger charge is 2.42. The van der Waals surface area contributed by atoms with Crippen molar-refractivity contribution < 1.29 is 19.1 Å². The van der Waals surface area contributed by atoms with E-state index in [0.717, 1.165) is 5.56 Å². The Morgan fingerprint density at radius 2 is 1.71 bits per heavy atom. The first-order valence-corrected chi connectivity index (χ1v) is 9.99. The van der Waals surface area contributed by atoms with E-state index in [4.69, 9.17) is 4.43 Å². The van der Waals surface area contributed by atoms with Crippen molar-refractivity contribution in [2.45, 2.75) is 51.1 Å². The number of esters is 1. The van der Waals surface area contributed by atoms with Gasteiger partial charge in [-0.1, -0.05) is 51.1 Å². The van der Waals surface area contributed by atoms with Crippen LogP contribution < -0.4 is 0 Å². The molecule has 0 aliphatic rings. The Hall–Kier alpha value is -1.17. The van der Waals surface area contributed by atoms with Crippen molar-refractivity contribution in [3.63, 3.8) is 0 Å². The number of aliphatic hydroxyl groups is 1. The summed E-state index contributed by atoms with van der Waals surface area (Å²) < 4.78 is 10.9. The molecule has 5 heteroatoms. The summed E-state index contributed by atoms with van der Waals surface area (Å²) in [4.78, 5) is 11.7. The zero-order chi connectivity index (χ0) is 16.3. The topological polar surface area (TPSA) is 55.8 Å². The molecular formula is C16H26O4Si. The number of hydrogen-bond donors (Lipinski definition) is 1. The number of ether oxygens (including phenoxy) is 1. The van der Waals surface area contributed by atoms with Gasteiger partial charge in [0.05, 0.1) is 7.11 Å². The minimum Gasteiger partial charge on any atom is -0.467 e. The smallest absolute Gasteiger partial charge is 0.337 e. The number of rotatable bonds is 5. The van der Waals surface area contributed by atoms with Crippen LogP contribution in [0.5, 0.6) is 0 Å². The van der Waals surface area contributed by atoms with Gasteiger partial charge in [-0.2, -0.15) is 0 Å². The maximum atomic E-state index is 11.7. The molecule has 0 aromatic heterocycles. The van der Waals surface area contributed by atoms with Gasteiger partial charge in [-0.05, 0) is 23.7 Å². The highest BCUT2D eigenvalue weighted by molar-refractivity contribution is 6.74. The monoisotopic (exact) mass is 310 g/mol. The third kappa shape index (κ3) is 4.39. The van der Waals surface area contributed by atoms with E-state index in [-0.39, 0.29) is 5.04 Å². The molecule has 21 heavy (non-hydrogen) atoms. The summed E-state index contributed by atoms with van der Waals surface area (Å²) in [5.74, 6) is -0.678. The first kappa shape index (κ1) is 17.9. The molecule has 0 heterocycles. The summed E-state index contributed by atoms with van der Waals surface area (Å²) in [6.45, 7) is 10.5. The normalized spacial score (nSPS) is 15.4. The lowest BCUT2D eigenvalue weighted by Gasteiger charge is -2.40. The van der Waals surface area contributed by atoms with Crippen LogP contribution in [0.15, 0.2) is 30.3 Å². The van der Waals surface area contributed by atoms with Crippen molar-refractivity contribution in [3.05, 3.63) is 35.9 Å². The Morgan fingerprint density at radius 3 is 2.14 bits per heavy atom. The summed E-state index contributed by atoms with van der Waals surface area (Å²) in [5, 5.41) is 10.3. The van der Waals surface area contributed by atoms with Gasteiger partial charge in [0.1, 0.15) is 6.10 Å². The Morgan fingerprint density at radius 1 is 1.19 bits per heavy atom. The van der Waals surface area contributed by atoms with Crippen molar-refractivity contribution in [2.24, 2.45) is 0 Å². The van der Waals surface area contributed by atoms with Gasteiger partial charge >= 0.3 is 5.97 Å². The van der Waals surface area contributed by atoms with Crippen LogP contribution >= 0.6 is 0 Å². The van der Waals surface area contributed by atoms with E-state index in [1.54, 1.807) is 0 Å². The molecule has 0 fully saturated rings. The molecule has 2 atom stereocenters. The number of carbonyl (C=O) groups excluding carboxylic acids is 1. The van der Waals surface area contributed by atoms with E-state index in [0.29, 0.717) is 0 Å². The van der Waals surface area contributed by atoms with E-state index < -0.39 is 26.5 Å². The second-order valence-electron chi connectivity index (χ2n) is 6.68. The van der Waals surface area contributed by atoms with Crippen LogP contribution in [0.3, 0.4) is 0 Å². The molecule has 118 valence electrons. The summed E-state index contributed by atoms with van der Waals surface area (Å²) in [5.41, 5.74) is 0.778. The van der Waals surface area contributed by atoms with Gasteiger partial charge in [0.25, 0.3) is 0 Å². The maximum absolute atomic E-state index is 11.7. The summed E-state index contributed by atoms with van der Waals surface area (Å²) in [6.07, 6.45) is -2.04. The molecule has 0 aliphatic heterocycles. The average molecular weight is 310 g/mol. The Labute approximate surface area is 128 Å². The second kappa shape index (κ2) is 6.73. The highest BCUT2D eigenvalue weighted by atomic mass is 28.4. The van der Waals surface area contributed by atoms with Crippen LogP contribution in [-0.4, -0.2) is 32.6 Å². The first-order valence-electron chi connectivity index (χ1n) is 7.09.